The number of ether oxygens (including phenoxy) is 1. The average molecular weight is 217 g/mol. The van der Waals surface area contributed by atoms with Crippen molar-refractivity contribution in [3.63, 3.8) is 0 Å². The Kier molecular flexibility index (Phi) is 2.36. The molecule has 0 saturated carbocycles. The van der Waals surface area contributed by atoms with Gasteiger partial charge >= 0.3 is 0 Å². The summed E-state index contributed by atoms with van der Waals surface area (Å²) in [6.07, 6.45) is 5.39. The first-order valence-electron chi connectivity index (χ1n) is 5.75. The van der Waals surface area contributed by atoms with Gasteiger partial charge in [-0.05, 0) is 31.4 Å². The van der Waals surface area contributed by atoms with E-state index in [2.05, 4.69) is 23.1 Å². The molecule has 0 spiro atoms. The molecule has 1 fully saturated rings. The van der Waals surface area contributed by atoms with Gasteiger partial charge in [-0.1, -0.05) is 6.07 Å². The van der Waals surface area contributed by atoms with Crippen molar-refractivity contribution in [1.82, 2.24) is 14.6 Å². The molecule has 4 heteroatoms. The summed E-state index contributed by atoms with van der Waals surface area (Å²) < 4.78 is 7.44. The summed E-state index contributed by atoms with van der Waals surface area (Å²) >= 11 is 0. The van der Waals surface area contributed by atoms with Gasteiger partial charge in [0.1, 0.15) is 0 Å². The molecule has 2 aromatic rings. The highest BCUT2D eigenvalue weighted by Crippen LogP contribution is 2.16. The minimum atomic E-state index is 0.317. The lowest BCUT2D eigenvalue weighted by Gasteiger charge is -2.04. The third-order valence-corrected chi connectivity index (χ3v) is 3.04. The molecule has 1 saturated heterocycles. The van der Waals surface area contributed by atoms with E-state index >= 15 is 0 Å². The predicted octanol–water partition coefficient (Wildman–Crippen LogP) is 1.76. The molecule has 2 aromatic heterocycles. The van der Waals surface area contributed by atoms with Crippen LogP contribution < -0.4 is 0 Å². The molecule has 16 heavy (non-hydrogen) atoms. The van der Waals surface area contributed by atoms with Gasteiger partial charge < -0.3 is 4.74 Å². The lowest BCUT2D eigenvalue weighted by Crippen LogP contribution is -2.10. The van der Waals surface area contributed by atoms with Crippen molar-refractivity contribution in [2.45, 2.75) is 32.3 Å². The number of aromatic nitrogens is 3. The van der Waals surface area contributed by atoms with E-state index in [4.69, 9.17) is 4.74 Å². The first-order chi connectivity index (χ1) is 7.83. The SMILES string of the molecule is Cc1cccn2nc(CC3CCCO3)nc12. The van der Waals surface area contributed by atoms with E-state index < -0.39 is 0 Å². The van der Waals surface area contributed by atoms with Crippen LogP contribution in [0.2, 0.25) is 0 Å². The third kappa shape index (κ3) is 1.69. The third-order valence-electron chi connectivity index (χ3n) is 3.04. The van der Waals surface area contributed by atoms with Gasteiger partial charge in [0.15, 0.2) is 11.5 Å². The standard InChI is InChI=1S/C12H15N3O/c1-9-4-2-6-15-12(9)13-11(14-15)8-10-5-3-7-16-10/h2,4,6,10H,3,5,7-8H2,1H3. The second kappa shape index (κ2) is 3.87. The summed E-state index contributed by atoms with van der Waals surface area (Å²) in [5, 5.41) is 4.46. The molecule has 1 unspecified atom stereocenters. The van der Waals surface area contributed by atoms with Crippen LogP contribution in [0.15, 0.2) is 18.3 Å². The molecule has 3 heterocycles. The van der Waals surface area contributed by atoms with Gasteiger partial charge in [-0.3, -0.25) is 0 Å². The maximum atomic E-state index is 5.59. The van der Waals surface area contributed by atoms with Crippen molar-refractivity contribution in [2.24, 2.45) is 0 Å². The van der Waals surface area contributed by atoms with E-state index in [0.29, 0.717) is 6.10 Å². The van der Waals surface area contributed by atoms with E-state index in [0.717, 1.165) is 42.9 Å². The van der Waals surface area contributed by atoms with Gasteiger partial charge in [-0.15, -0.1) is 0 Å². The molecule has 1 aliphatic rings. The molecule has 0 N–H and O–H groups in total. The molecule has 0 radical (unpaired) electrons. The highest BCUT2D eigenvalue weighted by atomic mass is 16.5. The number of nitrogens with zero attached hydrogens (tertiary/aromatic N) is 3. The van der Waals surface area contributed by atoms with Gasteiger partial charge in [0.05, 0.1) is 6.10 Å². The molecular weight excluding hydrogens is 202 g/mol. The van der Waals surface area contributed by atoms with Crippen LogP contribution in [0.25, 0.3) is 5.65 Å². The fourth-order valence-corrected chi connectivity index (χ4v) is 2.18. The topological polar surface area (TPSA) is 39.4 Å². The monoisotopic (exact) mass is 217 g/mol. The van der Waals surface area contributed by atoms with Crippen LogP contribution in [0.4, 0.5) is 0 Å². The summed E-state index contributed by atoms with van der Waals surface area (Å²) in [7, 11) is 0. The first-order valence-corrected chi connectivity index (χ1v) is 5.75. The molecule has 0 amide bonds. The van der Waals surface area contributed by atoms with Gasteiger partial charge in [0.2, 0.25) is 0 Å². The van der Waals surface area contributed by atoms with Crippen LogP contribution >= 0.6 is 0 Å². The highest BCUT2D eigenvalue weighted by Gasteiger charge is 2.18. The number of aryl methyl sites for hydroxylation is 1. The van der Waals surface area contributed by atoms with Crippen LogP contribution in [0.3, 0.4) is 0 Å². The zero-order chi connectivity index (χ0) is 11.0. The van der Waals surface area contributed by atoms with Crippen molar-refractivity contribution in [3.8, 4) is 0 Å². The fraction of sp³-hybridized carbons (Fsp3) is 0.500. The Morgan fingerprint density at radius 3 is 3.25 bits per heavy atom. The van der Waals surface area contributed by atoms with E-state index in [1.54, 1.807) is 0 Å². The zero-order valence-electron chi connectivity index (χ0n) is 9.39. The number of fused-ring (bicyclic) bond motifs is 1. The van der Waals surface area contributed by atoms with Crippen molar-refractivity contribution >= 4 is 5.65 Å². The van der Waals surface area contributed by atoms with E-state index in [1.165, 1.54) is 0 Å². The Morgan fingerprint density at radius 2 is 2.50 bits per heavy atom. The summed E-state index contributed by atoms with van der Waals surface area (Å²) in [4.78, 5) is 4.55. The molecular formula is C12H15N3O. The van der Waals surface area contributed by atoms with Crippen LogP contribution in [-0.2, 0) is 11.2 Å². The Hall–Kier alpha value is -1.42. The molecule has 4 nitrogen and oxygen atoms in total. The zero-order valence-corrected chi connectivity index (χ0v) is 9.39. The quantitative estimate of drug-likeness (QED) is 0.769. The lowest BCUT2D eigenvalue weighted by atomic mass is 10.2. The number of hydrogen-bond acceptors (Lipinski definition) is 3. The molecule has 84 valence electrons. The fourth-order valence-electron chi connectivity index (χ4n) is 2.18. The molecule has 3 rings (SSSR count). The smallest absolute Gasteiger partial charge is 0.158 e. The highest BCUT2D eigenvalue weighted by molar-refractivity contribution is 5.45. The second-order valence-electron chi connectivity index (χ2n) is 4.33. The average Bonchev–Trinajstić information content (AvgIpc) is 2.88. The number of pyridine rings is 1. The van der Waals surface area contributed by atoms with Crippen molar-refractivity contribution < 1.29 is 4.74 Å². The second-order valence-corrected chi connectivity index (χ2v) is 4.33. The van der Waals surface area contributed by atoms with E-state index in [-0.39, 0.29) is 0 Å². The van der Waals surface area contributed by atoms with Gasteiger partial charge in [-0.2, -0.15) is 5.10 Å². The molecule has 0 aliphatic carbocycles. The van der Waals surface area contributed by atoms with Crippen LogP contribution in [-0.4, -0.2) is 27.3 Å². The first kappa shape index (κ1) is 9.78. The van der Waals surface area contributed by atoms with E-state index in [1.807, 2.05) is 16.8 Å². The van der Waals surface area contributed by atoms with E-state index in [9.17, 15) is 0 Å². The Morgan fingerprint density at radius 1 is 1.56 bits per heavy atom. The van der Waals surface area contributed by atoms with Crippen LogP contribution in [0.5, 0.6) is 0 Å². The Bertz CT molecular complexity index is 500. The molecule has 1 aliphatic heterocycles. The minimum Gasteiger partial charge on any atom is -0.378 e. The van der Waals surface area contributed by atoms with Crippen molar-refractivity contribution in [1.29, 1.82) is 0 Å². The van der Waals surface area contributed by atoms with Gasteiger partial charge in [-0.25, -0.2) is 9.50 Å². The summed E-state index contributed by atoms with van der Waals surface area (Å²) in [5.74, 6) is 0.890. The van der Waals surface area contributed by atoms with Gasteiger partial charge in [0.25, 0.3) is 0 Å². The number of rotatable bonds is 2. The molecule has 0 aromatic carbocycles. The largest absolute Gasteiger partial charge is 0.378 e. The maximum absolute atomic E-state index is 5.59. The maximum Gasteiger partial charge on any atom is 0.158 e. The molecule has 0 bridgehead atoms. The summed E-state index contributed by atoms with van der Waals surface area (Å²) in [6.45, 7) is 2.94. The summed E-state index contributed by atoms with van der Waals surface area (Å²) in [6, 6.07) is 4.05. The normalized spacial score (nSPS) is 20.7. The van der Waals surface area contributed by atoms with Gasteiger partial charge in [0, 0.05) is 19.2 Å². The number of hydrogen-bond donors (Lipinski definition) is 0. The van der Waals surface area contributed by atoms with Crippen LogP contribution in [0, 0.1) is 6.92 Å². The predicted molar refractivity (Wildman–Crippen MR) is 60.4 cm³/mol. The summed E-state index contributed by atoms with van der Waals surface area (Å²) in [5.41, 5.74) is 2.11. The van der Waals surface area contributed by atoms with Crippen molar-refractivity contribution in [2.75, 3.05) is 6.61 Å². The van der Waals surface area contributed by atoms with Crippen molar-refractivity contribution in [3.05, 3.63) is 29.7 Å². The lowest BCUT2D eigenvalue weighted by molar-refractivity contribution is 0.110. The minimum absolute atomic E-state index is 0.317. The Labute approximate surface area is 94.3 Å². The Balaban J connectivity index is 1.90. The van der Waals surface area contributed by atoms with Crippen LogP contribution in [0.1, 0.15) is 24.2 Å². The molecule has 1 atom stereocenters.